The first-order valence-electron chi connectivity index (χ1n) is 9.59. The quantitative estimate of drug-likeness (QED) is 0.410. The van der Waals surface area contributed by atoms with E-state index in [1.807, 2.05) is 0 Å². The van der Waals surface area contributed by atoms with Crippen LogP contribution in [-0.4, -0.2) is 31.8 Å². The van der Waals surface area contributed by atoms with E-state index in [0.29, 0.717) is 22.3 Å². The van der Waals surface area contributed by atoms with Gasteiger partial charge in [-0.25, -0.2) is 13.6 Å². The van der Waals surface area contributed by atoms with Crippen molar-refractivity contribution in [1.82, 2.24) is 14.8 Å². The Morgan fingerprint density at radius 1 is 1.26 bits per heavy atom. The van der Waals surface area contributed by atoms with Crippen molar-refractivity contribution in [1.29, 1.82) is 0 Å². The number of H-pyrrole nitrogens is 1. The third-order valence-corrected chi connectivity index (χ3v) is 5.41. The number of nitrogens with zero attached hydrogens (tertiary/aromatic N) is 2. The fourth-order valence-corrected chi connectivity index (χ4v) is 4.02. The van der Waals surface area contributed by atoms with Gasteiger partial charge >= 0.3 is 11.9 Å². The number of carboxylic acids is 1. The Kier molecular flexibility index (Phi) is 4.79. The molecular weight excluding hydrogens is 414 g/mol. The van der Waals surface area contributed by atoms with Gasteiger partial charge in [-0.15, -0.1) is 0 Å². The lowest BCUT2D eigenvalue weighted by atomic mass is 9.97. The van der Waals surface area contributed by atoms with Crippen LogP contribution in [0.15, 0.2) is 30.5 Å². The summed E-state index contributed by atoms with van der Waals surface area (Å²) in [6.45, 7) is 5.05. The Hall–Kier alpha value is -3.36. The van der Waals surface area contributed by atoms with Gasteiger partial charge in [0, 0.05) is 22.2 Å². The Bertz CT molecular complexity index is 1340. The van der Waals surface area contributed by atoms with Gasteiger partial charge in [-0.2, -0.15) is 13.9 Å². The molecule has 0 atom stereocenters. The standard InChI is InChI=1S/C22H19F4N3O2/c1-10(2)20-14(8-22(25,26)21(30)31)17-16(7-12-9-27-28-19(12)18(17)24)29(20)13-4-5-15(23)11(3)6-13/h4-7,9-10H,8H2,1-3H3,(H,27,28)(H,30,31). The Morgan fingerprint density at radius 2 is 1.97 bits per heavy atom. The highest BCUT2D eigenvalue weighted by atomic mass is 19.3. The predicted octanol–water partition coefficient (Wildman–Crippen LogP) is 5.48. The molecule has 4 aromatic rings. The first kappa shape index (κ1) is 20.9. The number of nitrogens with one attached hydrogen (secondary N) is 1. The summed E-state index contributed by atoms with van der Waals surface area (Å²) in [6, 6.07) is 5.87. The number of halogens is 4. The Morgan fingerprint density at radius 3 is 2.58 bits per heavy atom. The van der Waals surface area contributed by atoms with Crippen molar-refractivity contribution in [3.63, 3.8) is 0 Å². The molecule has 0 unspecified atom stereocenters. The number of aromatic nitrogens is 3. The number of hydrogen-bond donors (Lipinski definition) is 2. The van der Waals surface area contributed by atoms with Crippen molar-refractivity contribution >= 4 is 27.8 Å². The molecule has 0 aliphatic carbocycles. The predicted molar refractivity (Wildman–Crippen MR) is 108 cm³/mol. The van der Waals surface area contributed by atoms with E-state index in [2.05, 4.69) is 10.2 Å². The molecule has 2 aromatic carbocycles. The number of benzene rings is 2. The summed E-state index contributed by atoms with van der Waals surface area (Å²) in [5.41, 5.74) is 1.33. The van der Waals surface area contributed by atoms with E-state index in [9.17, 15) is 18.0 Å². The van der Waals surface area contributed by atoms with Crippen LogP contribution >= 0.6 is 0 Å². The molecule has 0 amide bonds. The highest BCUT2D eigenvalue weighted by Crippen LogP contribution is 2.40. The summed E-state index contributed by atoms with van der Waals surface area (Å²) in [5.74, 6) is -7.98. The Labute approximate surface area is 174 Å². The van der Waals surface area contributed by atoms with Gasteiger partial charge in [0.2, 0.25) is 0 Å². The van der Waals surface area contributed by atoms with E-state index in [-0.39, 0.29) is 27.9 Å². The van der Waals surface area contributed by atoms with Crippen LogP contribution in [0.1, 0.15) is 36.6 Å². The van der Waals surface area contributed by atoms with Crippen LogP contribution in [0.25, 0.3) is 27.5 Å². The van der Waals surface area contributed by atoms with Crippen molar-refractivity contribution in [2.24, 2.45) is 0 Å². The zero-order valence-electron chi connectivity index (χ0n) is 16.9. The van der Waals surface area contributed by atoms with Crippen LogP contribution in [0.3, 0.4) is 0 Å². The van der Waals surface area contributed by atoms with Gasteiger partial charge in [-0.05, 0) is 48.2 Å². The molecule has 31 heavy (non-hydrogen) atoms. The summed E-state index contributed by atoms with van der Waals surface area (Å²) in [7, 11) is 0. The molecule has 9 heteroatoms. The molecule has 5 nitrogen and oxygen atoms in total. The highest BCUT2D eigenvalue weighted by Gasteiger charge is 2.41. The maximum Gasteiger partial charge on any atom is 0.374 e. The minimum Gasteiger partial charge on any atom is -0.477 e. The van der Waals surface area contributed by atoms with E-state index >= 15 is 4.39 Å². The van der Waals surface area contributed by atoms with Crippen molar-refractivity contribution < 1.29 is 27.5 Å². The number of aliphatic carboxylic acids is 1. The normalized spacial score (nSPS) is 12.4. The molecule has 0 aliphatic rings. The van der Waals surface area contributed by atoms with Gasteiger partial charge in [0.15, 0.2) is 5.82 Å². The largest absolute Gasteiger partial charge is 0.477 e. The van der Waals surface area contributed by atoms with Crippen LogP contribution in [0.5, 0.6) is 0 Å². The van der Waals surface area contributed by atoms with E-state index in [1.54, 1.807) is 31.4 Å². The van der Waals surface area contributed by atoms with Gasteiger partial charge in [0.1, 0.15) is 11.3 Å². The molecule has 2 aromatic heterocycles. The van der Waals surface area contributed by atoms with Crippen molar-refractivity contribution in [2.45, 2.75) is 39.0 Å². The highest BCUT2D eigenvalue weighted by molar-refractivity contribution is 5.99. The van der Waals surface area contributed by atoms with Crippen LogP contribution < -0.4 is 0 Å². The first-order valence-corrected chi connectivity index (χ1v) is 9.59. The SMILES string of the molecule is Cc1cc(-n2c(C(C)C)c(CC(F)(F)C(=O)O)c3c(F)c4[nH]ncc4cc32)ccc1F. The van der Waals surface area contributed by atoms with E-state index in [0.717, 1.165) is 0 Å². The number of alkyl halides is 2. The van der Waals surface area contributed by atoms with Gasteiger partial charge in [-0.3, -0.25) is 5.10 Å². The third-order valence-electron chi connectivity index (χ3n) is 5.41. The van der Waals surface area contributed by atoms with Gasteiger partial charge in [0.05, 0.1) is 18.1 Å². The summed E-state index contributed by atoms with van der Waals surface area (Å²) in [5, 5.41) is 15.6. The maximum atomic E-state index is 15.5. The molecule has 2 N–H and O–H groups in total. The second-order valence-electron chi connectivity index (χ2n) is 7.89. The molecule has 0 aliphatic heterocycles. The summed E-state index contributed by atoms with van der Waals surface area (Å²) in [4.78, 5) is 11.1. The lowest BCUT2D eigenvalue weighted by molar-refractivity contribution is -0.164. The van der Waals surface area contributed by atoms with Gasteiger partial charge in [-0.1, -0.05) is 13.8 Å². The summed E-state index contributed by atoms with van der Waals surface area (Å²) < 4.78 is 59.6. The zero-order chi connectivity index (χ0) is 22.7. The molecule has 0 radical (unpaired) electrons. The van der Waals surface area contributed by atoms with Crippen LogP contribution in [0.4, 0.5) is 17.6 Å². The number of rotatable bonds is 5. The number of hydrogen-bond acceptors (Lipinski definition) is 2. The number of carboxylic acid groups (broad SMARTS) is 1. The second-order valence-corrected chi connectivity index (χ2v) is 7.89. The fraction of sp³-hybridized carbons (Fsp3) is 0.273. The van der Waals surface area contributed by atoms with E-state index in [4.69, 9.17) is 5.11 Å². The molecule has 0 bridgehead atoms. The molecule has 162 valence electrons. The topological polar surface area (TPSA) is 70.9 Å². The van der Waals surface area contributed by atoms with Crippen LogP contribution in [0, 0.1) is 18.6 Å². The van der Waals surface area contributed by atoms with Gasteiger partial charge < -0.3 is 9.67 Å². The van der Waals surface area contributed by atoms with E-state index < -0.39 is 29.9 Å². The van der Waals surface area contributed by atoms with Crippen molar-refractivity contribution in [3.8, 4) is 5.69 Å². The third kappa shape index (κ3) is 3.24. The fourth-order valence-electron chi connectivity index (χ4n) is 4.02. The number of carbonyl (C=O) groups is 1. The first-order chi connectivity index (χ1) is 14.5. The average molecular weight is 433 g/mol. The number of aryl methyl sites for hydroxylation is 1. The molecule has 0 spiro atoms. The zero-order valence-corrected chi connectivity index (χ0v) is 16.9. The molecule has 4 rings (SSSR count). The summed E-state index contributed by atoms with van der Waals surface area (Å²) >= 11 is 0. The molecule has 2 heterocycles. The monoisotopic (exact) mass is 433 g/mol. The van der Waals surface area contributed by atoms with Crippen LogP contribution in [-0.2, 0) is 11.2 Å². The smallest absolute Gasteiger partial charge is 0.374 e. The minimum atomic E-state index is -4.10. The molecule has 0 saturated carbocycles. The Balaban J connectivity index is 2.17. The van der Waals surface area contributed by atoms with E-state index in [1.165, 1.54) is 24.4 Å². The molecule has 0 fully saturated rings. The average Bonchev–Trinajstić information content (AvgIpc) is 3.27. The van der Waals surface area contributed by atoms with Crippen molar-refractivity contribution in [2.75, 3.05) is 0 Å². The minimum absolute atomic E-state index is 0.0372. The van der Waals surface area contributed by atoms with Crippen molar-refractivity contribution in [3.05, 3.63) is 58.9 Å². The lowest BCUT2D eigenvalue weighted by Crippen LogP contribution is -2.31. The van der Waals surface area contributed by atoms with Gasteiger partial charge in [0.25, 0.3) is 0 Å². The second kappa shape index (κ2) is 7.11. The number of aromatic amines is 1. The summed E-state index contributed by atoms with van der Waals surface area (Å²) in [6.07, 6.45) is 0.224. The molecular formula is C22H19F4N3O2. The molecule has 0 saturated heterocycles. The number of fused-ring (bicyclic) bond motifs is 2. The lowest BCUT2D eigenvalue weighted by Gasteiger charge is -2.18. The maximum absolute atomic E-state index is 15.5. The van der Waals surface area contributed by atoms with Crippen LogP contribution in [0.2, 0.25) is 0 Å².